The van der Waals surface area contributed by atoms with E-state index in [-0.39, 0.29) is 17.5 Å². The number of ether oxygens (including phenoxy) is 1. The molecular formula is C21H40O7. The molecule has 0 spiro atoms. The molecule has 1 saturated heterocycles. The average Bonchev–Trinajstić information content (AvgIpc) is 2.48. The minimum Gasteiger partial charge on any atom is -0.458 e. The van der Waals surface area contributed by atoms with Gasteiger partial charge in [-0.25, -0.2) is 19.4 Å². The van der Waals surface area contributed by atoms with Crippen LogP contribution in [0.5, 0.6) is 0 Å². The third-order valence-corrected chi connectivity index (χ3v) is 4.26. The minimum atomic E-state index is -0.886. The highest BCUT2D eigenvalue weighted by molar-refractivity contribution is 5.81. The molecule has 0 aliphatic carbocycles. The van der Waals surface area contributed by atoms with E-state index in [0.717, 1.165) is 12.8 Å². The molecule has 1 fully saturated rings. The van der Waals surface area contributed by atoms with Gasteiger partial charge in [-0.3, -0.25) is 0 Å². The van der Waals surface area contributed by atoms with Crippen LogP contribution in [0.25, 0.3) is 0 Å². The fourth-order valence-electron chi connectivity index (χ4n) is 3.26. The molecule has 0 aromatic carbocycles. The van der Waals surface area contributed by atoms with Crippen LogP contribution < -0.4 is 0 Å². The van der Waals surface area contributed by atoms with Gasteiger partial charge in [0.15, 0.2) is 0 Å². The first kappa shape index (κ1) is 26.8. The second kappa shape index (κ2) is 10.0. The Morgan fingerprint density at radius 2 is 1.57 bits per heavy atom. The van der Waals surface area contributed by atoms with Crippen molar-refractivity contribution in [1.82, 2.24) is 0 Å². The fraction of sp³-hybridized carbons (Fsp3) is 0.905. The van der Waals surface area contributed by atoms with Crippen molar-refractivity contribution in [3.63, 3.8) is 0 Å². The van der Waals surface area contributed by atoms with E-state index in [1.165, 1.54) is 0 Å². The number of hydrogen-bond donors (Lipinski definition) is 1. The van der Waals surface area contributed by atoms with Crippen molar-refractivity contribution in [3.05, 3.63) is 0 Å². The smallest absolute Gasteiger partial charge is 0.347 e. The highest BCUT2D eigenvalue weighted by Gasteiger charge is 2.57. The highest BCUT2D eigenvalue weighted by atomic mass is 17.3. The van der Waals surface area contributed by atoms with E-state index < -0.39 is 22.6 Å². The second-order valence-electron chi connectivity index (χ2n) is 10.2. The van der Waals surface area contributed by atoms with E-state index in [1.54, 1.807) is 13.8 Å². The quantitative estimate of drug-likeness (QED) is 0.375. The van der Waals surface area contributed by atoms with E-state index in [0.29, 0.717) is 12.8 Å². The zero-order chi connectivity index (χ0) is 22.4. The normalized spacial score (nSPS) is 22.5. The molecule has 0 aromatic heterocycles. The predicted molar refractivity (Wildman–Crippen MR) is 106 cm³/mol. The monoisotopic (exact) mass is 404 g/mol. The third kappa shape index (κ3) is 8.05. The Hall–Kier alpha value is -1.18. The van der Waals surface area contributed by atoms with E-state index >= 15 is 0 Å². The van der Waals surface area contributed by atoms with Crippen LogP contribution in [0.4, 0.5) is 0 Å². The summed E-state index contributed by atoms with van der Waals surface area (Å²) in [6, 6.07) is 0. The Morgan fingerprint density at radius 1 is 1.04 bits per heavy atom. The van der Waals surface area contributed by atoms with Crippen LogP contribution in [0.1, 0.15) is 94.9 Å². The van der Waals surface area contributed by atoms with E-state index in [4.69, 9.17) is 19.8 Å². The van der Waals surface area contributed by atoms with Crippen molar-refractivity contribution in [2.75, 3.05) is 0 Å². The van der Waals surface area contributed by atoms with Gasteiger partial charge in [0.05, 0.1) is 5.41 Å². The molecule has 0 aromatic rings. The SMILES string of the molecule is CC(C)(C)CC(C)(C)C(=O)OO.CCCC1OOC1(CC)C(=O)OC(C)(C)C. The predicted octanol–water partition coefficient (Wildman–Crippen LogP) is 5.07. The molecule has 0 radical (unpaired) electrons. The Balaban J connectivity index is 0.000000546. The molecule has 7 nitrogen and oxygen atoms in total. The minimum absolute atomic E-state index is 0.0533. The molecule has 1 rings (SSSR count). The molecule has 1 heterocycles. The number of carbonyl (C=O) groups excluding carboxylic acids is 2. The molecule has 1 aliphatic heterocycles. The molecule has 0 saturated carbocycles. The van der Waals surface area contributed by atoms with Gasteiger partial charge in [-0.2, -0.15) is 5.26 Å². The van der Waals surface area contributed by atoms with Crippen molar-refractivity contribution in [2.24, 2.45) is 10.8 Å². The van der Waals surface area contributed by atoms with Crippen LogP contribution in [0.3, 0.4) is 0 Å². The molecule has 28 heavy (non-hydrogen) atoms. The molecule has 2 unspecified atom stereocenters. The van der Waals surface area contributed by atoms with Crippen molar-refractivity contribution in [2.45, 2.75) is 112 Å². The van der Waals surface area contributed by atoms with E-state index in [9.17, 15) is 9.59 Å². The molecule has 0 bridgehead atoms. The summed E-state index contributed by atoms with van der Waals surface area (Å²) in [5.74, 6) is -0.885. The molecule has 2 atom stereocenters. The zero-order valence-electron chi connectivity index (χ0n) is 19.3. The number of hydrogen-bond acceptors (Lipinski definition) is 7. The van der Waals surface area contributed by atoms with Gasteiger partial charge < -0.3 is 9.62 Å². The number of carbonyl (C=O) groups is 2. The van der Waals surface area contributed by atoms with Gasteiger partial charge in [0.25, 0.3) is 0 Å². The van der Waals surface area contributed by atoms with Crippen LogP contribution in [-0.2, 0) is 29.0 Å². The summed E-state index contributed by atoms with van der Waals surface area (Å²) >= 11 is 0. The lowest BCUT2D eigenvalue weighted by atomic mass is 9.76. The summed E-state index contributed by atoms with van der Waals surface area (Å²) in [4.78, 5) is 36.9. The molecule has 0 amide bonds. The summed E-state index contributed by atoms with van der Waals surface area (Å²) in [6.07, 6.45) is 2.86. The van der Waals surface area contributed by atoms with Crippen LogP contribution in [0, 0.1) is 10.8 Å². The maximum absolute atomic E-state index is 12.1. The lowest BCUT2D eigenvalue weighted by Gasteiger charge is -2.45. The number of esters is 1. The van der Waals surface area contributed by atoms with Gasteiger partial charge in [0, 0.05) is 0 Å². The summed E-state index contributed by atoms with van der Waals surface area (Å²) in [7, 11) is 0. The summed E-state index contributed by atoms with van der Waals surface area (Å²) in [5.41, 5.74) is -1.94. The first-order valence-corrected chi connectivity index (χ1v) is 9.98. The average molecular weight is 405 g/mol. The highest BCUT2D eigenvalue weighted by Crippen LogP contribution is 2.38. The molecular weight excluding hydrogens is 364 g/mol. The van der Waals surface area contributed by atoms with Gasteiger partial charge >= 0.3 is 11.9 Å². The zero-order valence-corrected chi connectivity index (χ0v) is 19.3. The maximum atomic E-state index is 12.1. The summed E-state index contributed by atoms with van der Waals surface area (Å²) in [5, 5.41) is 8.22. The lowest BCUT2D eigenvalue weighted by Crippen LogP contribution is -2.62. The Kier molecular flexibility index (Phi) is 9.61. The first-order valence-electron chi connectivity index (χ1n) is 9.98. The topological polar surface area (TPSA) is 91.3 Å². The van der Waals surface area contributed by atoms with E-state index in [1.807, 2.05) is 48.5 Å². The number of rotatable bonds is 6. The van der Waals surface area contributed by atoms with Gasteiger partial charge in [-0.05, 0) is 59.3 Å². The molecule has 7 heteroatoms. The standard InChI is InChI=1S/C12H22O4.C9H18O3/c1-6-8-9-12(7-2,16-15-9)10(13)14-11(3,4)5;1-8(2,3)6-9(4,5)7(10)12-11/h9H,6-8H2,1-5H3;11H,6H2,1-5H3. The van der Waals surface area contributed by atoms with Crippen molar-refractivity contribution in [3.8, 4) is 0 Å². The fourth-order valence-corrected chi connectivity index (χ4v) is 3.26. The molecule has 1 N–H and O–H groups in total. The van der Waals surface area contributed by atoms with Crippen LogP contribution in [-0.4, -0.2) is 34.5 Å². The van der Waals surface area contributed by atoms with E-state index in [2.05, 4.69) is 11.8 Å². The van der Waals surface area contributed by atoms with Crippen molar-refractivity contribution in [1.29, 1.82) is 0 Å². The summed E-state index contributed by atoms with van der Waals surface area (Å²) in [6.45, 7) is 19.2. The summed E-state index contributed by atoms with van der Waals surface area (Å²) < 4.78 is 5.37. The Morgan fingerprint density at radius 3 is 1.86 bits per heavy atom. The largest absolute Gasteiger partial charge is 0.458 e. The molecule has 166 valence electrons. The van der Waals surface area contributed by atoms with Gasteiger partial charge in [-0.1, -0.05) is 41.0 Å². The first-order chi connectivity index (χ1) is 12.5. The van der Waals surface area contributed by atoms with Crippen molar-refractivity contribution >= 4 is 11.9 Å². The van der Waals surface area contributed by atoms with Gasteiger partial charge in [0.1, 0.15) is 11.7 Å². The second-order valence-corrected chi connectivity index (χ2v) is 10.2. The maximum Gasteiger partial charge on any atom is 0.347 e. The Labute approximate surface area is 169 Å². The lowest BCUT2D eigenvalue weighted by molar-refractivity contribution is -0.499. The van der Waals surface area contributed by atoms with Crippen LogP contribution in [0.15, 0.2) is 0 Å². The molecule has 1 aliphatic rings. The third-order valence-electron chi connectivity index (χ3n) is 4.26. The van der Waals surface area contributed by atoms with Crippen molar-refractivity contribution < 1.29 is 34.2 Å². The Bertz CT molecular complexity index is 510. The van der Waals surface area contributed by atoms with Gasteiger partial charge in [0.2, 0.25) is 5.60 Å². The van der Waals surface area contributed by atoms with Gasteiger partial charge in [-0.15, -0.1) is 0 Å². The van der Waals surface area contributed by atoms with Crippen LogP contribution >= 0.6 is 0 Å². The van der Waals surface area contributed by atoms with Crippen LogP contribution in [0.2, 0.25) is 0 Å².